The van der Waals surface area contributed by atoms with Gasteiger partial charge in [-0.1, -0.05) is 18.2 Å². The van der Waals surface area contributed by atoms with Gasteiger partial charge in [-0.25, -0.2) is 4.98 Å². The van der Waals surface area contributed by atoms with Crippen LogP contribution in [0.3, 0.4) is 0 Å². The van der Waals surface area contributed by atoms with Crippen molar-refractivity contribution in [2.45, 2.75) is 32.7 Å². The Balaban J connectivity index is 1.59. The third-order valence-corrected chi connectivity index (χ3v) is 7.16. The molecule has 1 aromatic carbocycles. The lowest BCUT2D eigenvalue weighted by atomic mass is 10.0. The fraction of sp³-hybridized carbons (Fsp3) is 0.391. The van der Waals surface area contributed by atoms with Gasteiger partial charge in [0, 0.05) is 35.9 Å². The van der Waals surface area contributed by atoms with Gasteiger partial charge >= 0.3 is 0 Å². The van der Waals surface area contributed by atoms with Crippen LogP contribution in [-0.4, -0.2) is 52.9 Å². The maximum atomic E-state index is 13.6. The molecular formula is C23H25N3OS. The monoisotopic (exact) mass is 391 g/mol. The van der Waals surface area contributed by atoms with Gasteiger partial charge < -0.3 is 4.90 Å². The van der Waals surface area contributed by atoms with E-state index in [4.69, 9.17) is 4.98 Å². The lowest BCUT2D eigenvalue weighted by Crippen LogP contribution is -2.52. The number of aryl methyl sites for hydroxylation is 2. The Morgan fingerprint density at radius 3 is 2.86 bits per heavy atom. The zero-order valence-electron chi connectivity index (χ0n) is 16.4. The highest BCUT2D eigenvalue weighted by Gasteiger charge is 2.33. The molecule has 3 aromatic rings. The van der Waals surface area contributed by atoms with Crippen molar-refractivity contribution in [2.75, 3.05) is 26.2 Å². The van der Waals surface area contributed by atoms with Crippen LogP contribution < -0.4 is 0 Å². The average molecular weight is 392 g/mol. The minimum absolute atomic E-state index is 0.152. The summed E-state index contributed by atoms with van der Waals surface area (Å²) in [6.07, 6.45) is 2.46. The van der Waals surface area contributed by atoms with E-state index in [1.54, 1.807) is 11.3 Å². The first-order valence-electron chi connectivity index (χ1n) is 10.1. The van der Waals surface area contributed by atoms with Crippen LogP contribution in [0, 0.1) is 13.8 Å². The number of fused-ring (bicyclic) bond motifs is 2. The fourth-order valence-corrected chi connectivity index (χ4v) is 5.44. The zero-order chi connectivity index (χ0) is 19.3. The molecule has 4 heterocycles. The summed E-state index contributed by atoms with van der Waals surface area (Å²) in [5, 5.41) is 0.968. The maximum absolute atomic E-state index is 13.6. The highest BCUT2D eigenvalue weighted by atomic mass is 32.1. The number of benzene rings is 1. The maximum Gasteiger partial charge on any atom is 0.254 e. The van der Waals surface area contributed by atoms with E-state index < -0.39 is 0 Å². The average Bonchev–Trinajstić information content (AvgIpc) is 3.35. The number of piperazine rings is 1. The van der Waals surface area contributed by atoms with Gasteiger partial charge in [-0.3, -0.25) is 9.69 Å². The molecule has 0 bridgehead atoms. The van der Waals surface area contributed by atoms with Crippen molar-refractivity contribution in [3.8, 4) is 10.6 Å². The van der Waals surface area contributed by atoms with Crippen LogP contribution >= 0.6 is 11.3 Å². The second kappa shape index (κ2) is 6.98. The smallest absolute Gasteiger partial charge is 0.254 e. The number of carbonyl (C=O) groups is 1. The standard InChI is InChI=1S/C23H25N3OS/c1-15-5-3-7-18-19(13-20(24-22(15)18)21-9-8-16(2)28-21)23(27)26-12-11-25-10-4-6-17(25)14-26/h3,5,7-9,13,17H,4,6,10-12,14H2,1-2H3. The topological polar surface area (TPSA) is 36.4 Å². The lowest BCUT2D eigenvalue weighted by Gasteiger charge is -2.37. The number of para-hydroxylation sites is 1. The Labute approximate surface area is 169 Å². The van der Waals surface area contributed by atoms with Gasteiger partial charge in [-0.15, -0.1) is 11.3 Å². The van der Waals surface area contributed by atoms with Crippen molar-refractivity contribution in [1.29, 1.82) is 0 Å². The van der Waals surface area contributed by atoms with Crippen LogP contribution in [-0.2, 0) is 0 Å². The van der Waals surface area contributed by atoms with Crippen LogP contribution in [0.4, 0.5) is 0 Å². The molecule has 144 valence electrons. The van der Waals surface area contributed by atoms with Gasteiger partial charge in [0.2, 0.25) is 0 Å². The highest BCUT2D eigenvalue weighted by molar-refractivity contribution is 7.15. The molecule has 4 nitrogen and oxygen atoms in total. The molecule has 5 heteroatoms. The Morgan fingerprint density at radius 1 is 1.14 bits per heavy atom. The molecule has 1 amide bonds. The molecule has 0 aliphatic carbocycles. The van der Waals surface area contributed by atoms with E-state index in [1.165, 1.54) is 24.3 Å². The molecule has 0 spiro atoms. The van der Waals surface area contributed by atoms with E-state index in [2.05, 4.69) is 41.8 Å². The number of hydrogen-bond donors (Lipinski definition) is 0. The quantitative estimate of drug-likeness (QED) is 0.645. The molecule has 2 fully saturated rings. The van der Waals surface area contributed by atoms with Crippen LogP contribution in [0.1, 0.15) is 33.6 Å². The van der Waals surface area contributed by atoms with E-state index in [0.717, 1.165) is 52.2 Å². The number of thiophene rings is 1. The van der Waals surface area contributed by atoms with Crippen LogP contribution in [0.25, 0.3) is 21.5 Å². The molecule has 0 saturated carbocycles. The minimum Gasteiger partial charge on any atom is -0.336 e. The SMILES string of the molecule is Cc1ccc(-c2cc(C(=O)N3CCN4CCCC4C3)c3cccc(C)c3n2)s1. The lowest BCUT2D eigenvalue weighted by molar-refractivity contribution is 0.0573. The molecule has 2 aliphatic heterocycles. The van der Waals surface area contributed by atoms with Gasteiger partial charge in [0.05, 0.1) is 21.7 Å². The number of aromatic nitrogens is 1. The number of nitrogens with zero attached hydrogens (tertiary/aromatic N) is 3. The predicted octanol–water partition coefficient (Wildman–Crippen LogP) is 4.50. The molecule has 5 rings (SSSR count). The van der Waals surface area contributed by atoms with Crippen molar-refractivity contribution in [2.24, 2.45) is 0 Å². The van der Waals surface area contributed by atoms with Crippen LogP contribution in [0.15, 0.2) is 36.4 Å². The molecule has 2 aromatic heterocycles. The fourth-order valence-electron chi connectivity index (χ4n) is 4.61. The molecule has 0 N–H and O–H groups in total. The molecule has 1 unspecified atom stereocenters. The molecule has 28 heavy (non-hydrogen) atoms. The second-order valence-electron chi connectivity index (χ2n) is 8.02. The first-order valence-corrected chi connectivity index (χ1v) is 10.9. The highest BCUT2D eigenvalue weighted by Crippen LogP contribution is 2.32. The Hall–Kier alpha value is -2.24. The van der Waals surface area contributed by atoms with Gasteiger partial charge in [0.15, 0.2) is 0 Å². The van der Waals surface area contributed by atoms with Crippen LogP contribution in [0.2, 0.25) is 0 Å². The summed E-state index contributed by atoms with van der Waals surface area (Å²) in [5.74, 6) is 0.152. The van der Waals surface area contributed by atoms with Gasteiger partial charge in [0.1, 0.15) is 0 Å². The van der Waals surface area contributed by atoms with Crippen molar-refractivity contribution in [1.82, 2.24) is 14.8 Å². The zero-order valence-corrected chi connectivity index (χ0v) is 17.3. The number of carbonyl (C=O) groups excluding carboxylic acids is 1. The minimum atomic E-state index is 0.152. The molecule has 2 saturated heterocycles. The van der Waals surface area contributed by atoms with E-state index >= 15 is 0 Å². The van der Waals surface area contributed by atoms with Crippen LogP contribution in [0.5, 0.6) is 0 Å². The third kappa shape index (κ3) is 3.03. The van der Waals surface area contributed by atoms with Crippen molar-refractivity contribution < 1.29 is 4.79 Å². The molecular weight excluding hydrogens is 366 g/mol. The summed E-state index contributed by atoms with van der Waals surface area (Å²) in [6.45, 7) is 8.03. The normalized spacial score (nSPS) is 19.9. The number of pyridine rings is 1. The third-order valence-electron chi connectivity index (χ3n) is 6.14. The summed E-state index contributed by atoms with van der Waals surface area (Å²) in [7, 11) is 0. The predicted molar refractivity (Wildman–Crippen MR) is 115 cm³/mol. The number of amides is 1. The van der Waals surface area contributed by atoms with Crippen molar-refractivity contribution in [3.63, 3.8) is 0 Å². The Bertz CT molecular complexity index is 1060. The van der Waals surface area contributed by atoms with E-state index in [9.17, 15) is 4.79 Å². The summed E-state index contributed by atoms with van der Waals surface area (Å²) >= 11 is 1.73. The first kappa shape index (κ1) is 17.8. The molecule has 0 radical (unpaired) electrons. The van der Waals surface area contributed by atoms with E-state index in [0.29, 0.717) is 6.04 Å². The van der Waals surface area contributed by atoms with E-state index in [-0.39, 0.29) is 5.91 Å². The molecule has 1 atom stereocenters. The van der Waals surface area contributed by atoms with Crippen molar-refractivity contribution >= 4 is 28.1 Å². The van der Waals surface area contributed by atoms with Gasteiger partial charge in [0.25, 0.3) is 5.91 Å². The summed E-state index contributed by atoms with van der Waals surface area (Å²) in [6, 6.07) is 12.9. The summed E-state index contributed by atoms with van der Waals surface area (Å²) < 4.78 is 0. The number of hydrogen-bond acceptors (Lipinski definition) is 4. The van der Waals surface area contributed by atoms with Gasteiger partial charge in [-0.2, -0.15) is 0 Å². The Kier molecular flexibility index (Phi) is 4.44. The summed E-state index contributed by atoms with van der Waals surface area (Å²) in [5.41, 5.74) is 3.75. The van der Waals surface area contributed by atoms with E-state index in [1.807, 2.05) is 18.2 Å². The van der Waals surface area contributed by atoms with Gasteiger partial charge in [-0.05, 0) is 57.0 Å². The first-order chi connectivity index (χ1) is 13.6. The van der Waals surface area contributed by atoms with Crippen molar-refractivity contribution in [3.05, 3.63) is 52.4 Å². The Morgan fingerprint density at radius 2 is 2.04 bits per heavy atom. The molecule has 2 aliphatic rings. The summed E-state index contributed by atoms with van der Waals surface area (Å²) in [4.78, 5) is 25.5. The largest absolute Gasteiger partial charge is 0.336 e. The second-order valence-corrected chi connectivity index (χ2v) is 9.31. The number of rotatable bonds is 2.